The van der Waals surface area contributed by atoms with E-state index in [0.717, 1.165) is 5.76 Å². The van der Waals surface area contributed by atoms with Crippen LogP contribution in [0.5, 0.6) is 0 Å². The van der Waals surface area contributed by atoms with Gasteiger partial charge in [0, 0.05) is 19.3 Å². The summed E-state index contributed by atoms with van der Waals surface area (Å²) in [5.41, 5.74) is 0. The third kappa shape index (κ3) is 4.44. The van der Waals surface area contributed by atoms with E-state index in [1.807, 2.05) is 0 Å². The highest BCUT2D eigenvalue weighted by molar-refractivity contribution is 5.75. The van der Waals surface area contributed by atoms with Crippen molar-refractivity contribution in [2.75, 3.05) is 0 Å². The number of hydrogen-bond acceptors (Lipinski definition) is 3. The van der Waals surface area contributed by atoms with Crippen molar-refractivity contribution in [3.05, 3.63) is 23.7 Å². The highest BCUT2D eigenvalue weighted by atomic mass is 16.4. The second-order valence-corrected chi connectivity index (χ2v) is 3.46. The van der Waals surface area contributed by atoms with Gasteiger partial charge in [0.15, 0.2) is 0 Å². The maximum absolute atomic E-state index is 10.7. The number of carbonyl (C=O) groups is 2. The molecule has 0 aliphatic heterocycles. The maximum atomic E-state index is 10.7. The average Bonchev–Trinajstić information content (AvgIpc) is 2.59. The van der Waals surface area contributed by atoms with E-state index in [4.69, 9.17) is 9.52 Å². The topological polar surface area (TPSA) is 67.5 Å². The molecule has 1 rings (SSSR count). The zero-order chi connectivity index (χ0) is 11.3. The summed E-state index contributed by atoms with van der Waals surface area (Å²) in [5.74, 6) is 0.691. The largest absolute Gasteiger partial charge is 0.481 e. The van der Waals surface area contributed by atoms with Gasteiger partial charge in [-0.2, -0.15) is 0 Å². The lowest BCUT2D eigenvalue weighted by Gasteiger charge is -1.94. The molecule has 0 saturated heterocycles. The van der Waals surface area contributed by atoms with E-state index in [2.05, 4.69) is 0 Å². The van der Waals surface area contributed by atoms with Crippen molar-refractivity contribution in [1.29, 1.82) is 0 Å². The quantitative estimate of drug-likeness (QED) is 0.777. The van der Waals surface area contributed by atoms with Crippen LogP contribution in [0.3, 0.4) is 0 Å². The first-order valence-corrected chi connectivity index (χ1v) is 4.87. The van der Waals surface area contributed by atoms with Crippen LogP contribution in [0.15, 0.2) is 16.5 Å². The molecule has 1 aromatic rings. The SMILES string of the molecule is CC(=O)CCc1ccc(CCC(=O)O)o1. The van der Waals surface area contributed by atoms with Gasteiger partial charge in [-0.25, -0.2) is 0 Å². The summed E-state index contributed by atoms with van der Waals surface area (Å²) in [6.07, 6.45) is 1.52. The van der Waals surface area contributed by atoms with Crippen LogP contribution in [-0.4, -0.2) is 16.9 Å². The van der Waals surface area contributed by atoms with Gasteiger partial charge in [0.2, 0.25) is 0 Å². The van der Waals surface area contributed by atoms with Gasteiger partial charge in [-0.05, 0) is 19.1 Å². The summed E-state index contributed by atoms with van der Waals surface area (Å²) in [5, 5.41) is 8.47. The molecule has 0 aromatic carbocycles. The second-order valence-electron chi connectivity index (χ2n) is 3.46. The van der Waals surface area contributed by atoms with Gasteiger partial charge in [-0.1, -0.05) is 0 Å². The zero-order valence-electron chi connectivity index (χ0n) is 8.66. The number of furan rings is 1. The van der Waals surface area contributed by atoms with E-state index in [1.54, 1.807) is 12.1 Å². The monoisotopic (exact) mass is 210 g/mol. The molecule has 4 nitrogen and oxygen atoms in total. The van der Waals surface area contributed by atoms with E-state index < -0.39 is 5.97 Å². The van der Waals surface area contributed by atoms with Crippen molar-refractivity contribution in [1.82, 2.24) is 0 Å². The Hall–Kier alpha value is -1.58. The molecule has 0 aliphatic rings. The number of rotatable bonds is 6. The Labute approximate surface area is 87.9 Å². The van der Waals surface area contributed by atoms with Crippen LogP contribution in [0.25, 0.3) is 0 Å². The zero-order valence-corrected chi connectivity index (χ0v) is 8.66. The van der Waals surface area contributed by atoms with Crippen LogP contribution < -0.4 is 0 Å². The van der Waals surface area contributed by atoms with Gasteiger partial charge in [0.25, 0.3) is 0 Å². The molecule has 0 aliphatic carbocycles. The molecule has 0 unspecified atom stereocenters. The first-order chi connectivity index (χ1) is 7.08. The number of ketones is 1. The van der Waals surface area contributed by atoms with Crippen molar-refractivity contribution in [2.24, 2.45) is 0 Å². The minimum atomic E-state index is -0.836. The van der Waals surface area contributed by atoms with E-state index in [-0.39, 0.29) is 12.2 Å². The van der Waals surface area contributed by atoms with Gasteiger partial charge in [-0.15, -0.1) is 0 Å². The molecule has 4 heteroatoms. The van der Waals surface area contributed by atoms with Gasteiger partial charge in [0.1, 0.15) is 17.3 Å². The van der Waals surface area contributed by atoms with E-state index >= 15 is 0 Å². The molecule has 15 heavy (non-hydrogen) atoms. The number of aliphatic carboxylic acids is 1. The van der Waals surface area contributed by atoms with Gasteiger partial charge in [-0.3, -0.25) is 4.79 Å². The number of aryl methyl sites for hydroxylation is 2. The second kappa shape index (κ2) is 5.34. The fourth-order valence-corrected chi connectivity index (χ4v) is 1.22. The van der Waals surface area contributed by atoms with Crippen molar-refractivity contribution >= 4 is 11.8 Å². The van der Waals surface area contributed by atoms with Crippen LogP contribution >= 0.6 is 0 Å². The molecule has 1 aromatic heterocycles. The number of carboxylic acids is 1. The molecule has 0 bridgehead atoms. The molecular formula is C11H14O4. The lowest BCUT2D eigenvalue weighted by atomic mass is 10.2. The molecule has 1 heterocycles. The Morgan fingerprint density at radius 3 is 2.20 bits per heavy atom. The van der Waals surface area contributed by atoms with Gasteiger partial charge in [0.05, 0.1) is 6.42 Å². The maximum Gasteiger partial charge on any atom is 0.303 e. The Kier molecular flexibility index (Phi) is 4.09. The summed E-state index contributed by atoms with van der Waals surface area (Å²) < 4.78 is 5.37. The number of Topliss-reactive ketones (excluding diaryl/α,β-unsaturated/α-hetero) is 1. The van der Waals surface area contributed by atoms with Crippen LogP contribution in [0.2, 0.25) is 0 Å². The third-order valence-corrected chi connectivity index (χ3v) is 2.03. The standard InChI is InChI=1S/C11H14O4/c1-8(12)2-3-9-4-5-10(15-9)6-7-11(13)14/h4-5H,2-3,6-7H2,1H3,(H,13,14). The molecule has 0 radical (unpaired) electrons. The number of carbonyl (C=O) groups excluding carboxylic acids is 1. The van der Waals surface area contributed by atoms with Gasteiger partial charge >= 0.3 is 5.97 Å². The predicted molar refractivity (Wildman–Crippen MR) is 53.7 cm³/mol. The third-order valence-electron chi connectivity index (χ3n) is 2.03. The first kappa shape index (κ1) is 11.5. The molecular weight excluding hydrogens is 196 g/mol. The fourth-order valence-electron chi connectivity index (χ4n) is 1.22. The van der Waals surface area contributed by atoms with E-state index in [0.29, 0.717) is 25.0 Å². The molecule has 1 N–H and O–H groups in total. The first-order valence-electron chi connectivity index (χ1n) is 4.87. The van der Waals surface area contributed by atoms with Crippen molar-refractivity contribution < 1.29 is 19.1 Å². The van der Waals surface area contributed by atoms with Crippen molar-refractivity contribution in [3.63, 3.8) is 0 Å². The predicted octanol–water partition coefficient (Wildman–Crippen LogP) is 1.82. The van der Waals surface area contributed by atoms with Gasteiger partial charge < -0.3 is 14.3 Å². The summed E-state index contributed by atoms with van der Waals surface area (Å²) >= 11 is 0. The Morgan fingerprint density at radius 1 is 1.20 bits per heavy atom. The summed E-state index contributed by atoms with van der Waals surface area (Å²) in [6.45, 7) is 1.54. The summed E-state index contributed by atoms with van der Waals surface area (Å²) in [4.78, 5) is 21.0. The average molecular weight is 210 g/mol. The van der Waals surface area contributed by atoms with Crippen LogP contribution in [-0.2, 0) is 22.4 Å². The highest BCUT2D eigenvalue weighted by Gasteiger charge is 2.05. The minimum absolute atomic E-state index is 0.0691. The molecule has 0 amide bonds. The molecule has 0 spiro atoms. The molecule has 0 atom stereocenters. The van der Waals surface area contributed by atoms with Crippen molar-refractivity contribution in [3.8, 4) is 0 Å². The minimum Gasteiger partial charge on any atom is -0.481 e. The van der Waals surface area contributed by atoms with Crippen molar-refractivity contribution in [2.45, 2.75) is 32.6 Å². The molecule has 0 fully saturated rings. The highest BCUT2D eigenvalue weighted by Crippen LogP contribution is 2.11. The smallest absolute Gasteiger partial charge is 0.303 e. The number of hydrogen-bond donors (Lipinski definition) is 1. The Morgan fingerprint density at radius 2 is 1.73 bits per heavy atom. The lowest BCUT2D eigenvalue weighted by molar-refractivity contribution is -0.137. The normalized spacial score (nSPS) is 10.2. The fraction of sp³-hybridized carbons (Fsp3) is 0.455. The summed E-state index contributed by atoms with van der Waals surface area (Å²) in [7, 11) is 0. The number of carboxylic acid groups (broad SMARTS) is 1. The van der Waals surface area contributed by atoms with E-state index in [1.165, 1.54) is 6.92 Å². The Balaban J connectivity index is 2.41. The Bertz CT molecular complexity index is 319. The molecule has 0 saturated carbocycles. The van der Waals surface area contributed by atoms with Crippen LogP contribution in [0.4, 0.5) is 0 Å². The van der Waals surface area contributed by atoms with Crippen LogP contribution in [0, 0.1) is 0 Å². The van der Waals surface area contributed by atoms with Crippen LogP contribution in [0.1, 0.15) is 31.3 Å². The molecule has 82 valence electrons. The van der Waals surface area contributed by atoms with E-state index in [9.17, 15) is 9.59 Å². The summed E-state index contributed by atoms with van der Waals surface area (Å²) in [6, 6.07) is 3.55. The lowest BCUT2D eigenvalue weighted by Crippen LogP contribution is -1.96.